The van der Waals surface area contributed by atoms with Gasteiger partial charge in [0.1, 0.15) is 0 Å². The van der Waals surface area contributed by atoms with Crippen molar-refractivity contribution < 1.29 is 4.74 Å². The maximum absolute atomic E-state index is 6.31. The van der Waals surface area contributed by atoms with Crippen molar-refractivity contribution in [1.29, 1.82) is 0 Å². The van der Waals surface area contributed by atoms with E-state index >= 15 is 0 Å². The van der Waals surface area contributed by atoms with Crippen LogP contribution in [0.1, 0.15) is 63.5 Å². The van der Waals surface area contributed by atoms with Gasteiger partial charge in [-0.05, 0) is 101 Å². The number of benzene rings is 5. The minimum absolute atomic E-state index is 0.557. The molecule has 2 heteroatoms. The van der Waals surface area contributed by atoms with E-state index in [0.717, 1.165) is 41.4 Å². The fourth-order valence-electron chi connectivity index (χ4n) is 5.54. The van der Waals surface area contributed by atoms with Crippen molar-refractivity contribution >= 4 is 17.1 Å². The third kappa shape index (κ3) is 4.91. The van der Waals surface area contributed by atoms with Gasteiger partial charge in [0.15, 0.2) is 11.5 Å². The summed E-state index contributed by atoms with van der Waals surface area (Å²) >= 11 is 0. The van der Waals surface area contributed by atoms with E-state index in [9.17, 15) is 0 Å². The Balaban J connectivity index is 1.52. The standard InChI is InChI=1S/C38H37NO/c1-5-26(3)28-15-19-30(20-16-28)32-23-33(31-21-17-29(18-22-31)27(4)6-2)25-34(24-32)39-35-11-7-9-13-37(35)40-38-14-10-8-12-36(38)39/h7-27H,5-6H2,1-4H3. The molecule has 0 aliphatic carbocycles. The van der Waals surface area contributed by atoms with E-state index in [2.05, 4.69) is 124 Å². The molecule has 40 heavy (non-hydrogen) atoms. The lowest BCUT2D eigenvalue weighted by molar-refractivity contribution is 0.477. The zero-order valence-electron chi connectivity index (χ0n) is 23.9. The summed E-state index contributed by atoms with van der Waals surface area (Å²) in [6.45, 7) is 9.09. The van der Waals surface area contributed by atoms with Crippen LogP contribution in [0.25, 0.3) is 22.3 Å². The molecule has 2 atom stereocenters. The summed E-state index contributed by atoms with van der Waals surface area (Å²) in [5, 5.41) is 0. The van der Waals surface area contributed by atoms with Crippen LogP contribution in [0.3, 0.4) is 0 Å². The molecule has 1 aliphatic rings. The molecule has 0 saturated heterocycles. The van der Waals surface area contributed by atoms with E-state index in [1.807, 2.05) is 24.3 Å². The summed E-state index contributed by atoms with van der Waals surface area (Å²) in [5.41, 5.74) is 10.8. The Hall–Kier alpha value is -4.30. The first-order valence-electron chi connectivity index (χ1n) is 14.6. The first-order chi connectivity index (χ1) is 19.6. The van der Waals surface area contributed by atoms with Crippen LogP contribution in [0.2, 0.25) is 0 Å². The van der Waals surface area contributed by atoms with Crippen LogP contribution in [0.15, 0.2) is 115 Å². The molecule has 0 spiro atoms. The molecule has 0 fully saturated rings. The van der Waals surface area contributed by atoms with Crippen LogP contribution in [0.4, 0.5) is 17.1 Å². The lowest BCUT2D eigenvalue weighted by Crippen LogP contribution is -2.15. The maximum atomic E-state index is 6.31. The Morgan fingerprint density at radius 1 is 0.525 bits per heavy atom. The zero-order valence-corrected chi connectivity index (χ0v) is 23.9. The fraction of sp³-hybridized carbons (Fsp3) is 0.211. The Bertz CT molecular complexity index is 1500. The summed E-state index contributed by atoms with van der Waals surface area (Å²) in [7, 11) is 0. The van der Waals surface area contributed by atoms with Gasteiger partial charge >= 0.3 is 0 Å². The Kier molecular flexibility index (Phi) is 7.17. The SMILES string of the molecule is CCC(C)c1ccc(-c2cc(-c3ccc(C(C)CC)cc3)cc(N3c4ccccc4Oc4ccccc43)c2)cc1. The molecule has 0 bridgehead atoms. The third-order valence-corrected chi connectivity index (χ3v) is 8.46. The summed E-state index contributed by atoms with van der Waals surface area (Å²) in [6.07, 6.45) is 2.28. The van der Waals surface area contributed by atoms with Gasteiger partial charge in [-0.3, -0.25) is 0 Å². The topological polar surface area (TPSA) is 12.5 Å². The van der Waals surface area contributed by atoms with Crippen molar-refractivity contribution in [1.82, 2.24) is 0 Å². The molecule has 1 heterocycles. The van der Waals surface area contributed by atoms with Crippen LogP contribution in [-0.2, 0) is 0 Å². The second kappa shape index (κ2) is 11.1. The highest BCUT2D eigenvalue weighted by atomic mass is 16.5. The number of para-hydroxylation sites is 4. The van der Waals surface area contributed by atoms with E-state index in [0.29, 0.717) is 11.8 Å². The molecular formula is C38H37NO. The lowest BCUT2D eigenvalue weighted by atomic mass is 9.92. The third-order valence-electron chi connectivity index (χ3n) is 8.46. The summed E-state index contributed by atoms with van der Waals surface area (Å²) in [6, 6.07) is 41.8. The predicted octanol–water partition coefficient (Wildman–Crippen LogP) is 11.6. The van der Waals surface area contributed by atoms with Gasteiger partial charge in [0.05, 0.1) is 11.4 Å². The molecular weight excluding hydrogens is 486 g/mol. The molecule has 0 saturated carbocycles. The number of anilines is 3. The Morgan fingerprint density at radius 2 is 0.950 bits per heavy atom. The average molecular weight is 524 g/mol. The molecule has 5 aromatic rings. The number of hydrogen-bond acceptors (Lipinski definition) is 2. The Labute approximate surface area is 238 Å². The number of ether oxygens (including phenoxy) is 1. The minimum atomic E-state index is 0.557. The van der Waals surface area contributed by atoms with Gasteiger partial charge in [-0.15, -0.1) is 0 Å². The highest BCUT2D eigenvalue weighted by Crippen LogP contribution is 2.51. The Morgan fingerprint density at radius 3 is 1.38 bits per heavy atom. The number of hydrogen-bond donors (Lipinski definition) is 0. The normalized spacial score (nSPS) is 13.7. The number of nitrogens with zero attached hydrogens (tertiary/aromatic N) is 1. The van der Waals surface area contributed by atoms with Crippen LogP contribution >= 0.6 is 0 Å². The first-order valence-corrected chi connectivity index (χ1v) is 14.6. The molecule has 0 radical (unpaired) electrons. The van der Waals surface area contributed by atoms with Crippen LogP contribution in [0, 0.1) is 0 Å². The summed E-state index contributed by atoms with van der Waals surface area (Å²) in [5.74, 6) is 2.84. The average Bonchev–Trinajstić information content (AvgIpc) is 3.02. The highest BCUT2D eigenvalue weighted by Gasteiger charge is 2.26. The van der Waals surface area contributed by atoms with Crippen molar-refractivity contribution in [3.8, 4) is 33.8 Å². The van der Waals surface area contributed by atoms with Crippen molar-refractivity contribution in [3.63, 3.8) is 0 Å². The monoisotopic (exact) mass is 523 g/mol. The molecule has 0 N–H and O–H groups in total. The van der Waals surface area contributed by atoms with Gasteiger partial charge in [-0.2, -0.15) is 0 Å². The maximum Gasteiger partial charge on any atom is 0.151 e. The summed E-state index contributed by atoms with van der Waals surface area (Å²) in [4.78, 5) is 2.34. The van der Waals surface area contributed by atoms with Gasteiger partial charge < -0.3 is 9.64 Å². The summed E-state index contributed by atoms with van der Waals surface area (Å²) < 4.78 is 6.31. The molecule has 0 aromatic heterocycles. The number of fused-ring (bicyclic) bond motifs is 2. The van der Waals surface area contributed by atoms with E-state index in [-0.39, 0.29) is 0 Å². The van der Waals surface area contributed by atoms with E-state index in [4.69, 9.17) is 4.74 Å². The van der Waals surface area contributed by atoms with Crippen LogP contribution in [-0.4, -0.2) is 0 Å². The quantitative estimate of drug-likeness (QED) is 0.206. The molecule has 6 rings (SSSR count). The van der Waals surface area contributed by atoms with Gasteiger partial charge in [0, 0.05) is 5.69 Å². The first kappa shape index (κ1) is 26.0. The van der Waals surface area contributed by atoms with Gasteiger partial charge in [-0.1, -0.05) is 100 Å². The second-order valence-electron chi connectivity index (χ2n) is 11.0. The van der Waals surface area contributed by atoms with Crippen molar-refractivity contribution in [2.45, 2.75) is 52.4 Å². The van der Waals surface area contributed by atoms with Crippen LogP contribution in [0.5, 0.6) is 11.5 Å². The molecule has 200 valence electrons. The van der Waals surface area contributed by atoms with E-state index < -0.39 is 0 Å². The van der Waals surface area contributed by atoms with Crippen molar-refractivity contribution in [2.75, 3.05) is 4.90 Å². The van der Waals surface area contributed by atoms with Crippen LogP contribution < -0.4 is 9.64 Å². The molecule has 2 nitrogen and oxygen atoms in total. The molecule has 0 amide bonds. The van der Waals surface area contributed by atoms with Gasteiger partial charge in [0.25, 0.3) is 0 Å². The fourth-order valence-corrected chi connectivity index (χ4v) is 5.54. The van der Waals surface area contributed by atoms with Crippen molar-refractivity contribution in [3.05, 3.63) is 126 Å². The molecule has 1 aliphatic heterocycles. The largest absolute Gasteiger partial charge is 0.453 e. The zero-order chi connectivity index (χ0) is 27.6. The van der Waals surface area contributed by atoms with Gasteiger partial charge in [-0.25, -0.2) is 0 Å². The second-order valence-corrected chi connectivity index (χ2v) is 11.0. The lowest BCUT2D eigenvalue weighted by Gasteiger charge is -2.33. The van der Waals surface area contributed by atoms with Crippen molar-refractivity contribution in [2.24, 2.45) is 0 Å². The number of rotatable bonds is 7. The highest BCUT2D eigenvalue weighted by molar-refractivity contribution is 5.90. The van der Waals surface area contributed by atoms with E-state index in [1.165, 1.54) is 33.4 Å². The predicted molar refractivity (Wildman–Crippen MR) is 169 cm³/mol. The minimum Gasteiger partial charge on any atom is -0.453 e. The van der Waals surface area contributed by atoms with Gasteiger partial charge in [0.2, 0.25) is 0 Å². The molecule has 2 unspecified atom stereocenters. The smallest absolute Gasteiger partial charge is 0.151 e. The van der Waals surface area contributed by atoms with E-state index in [1.54, 1.807) is 0 Å². The molecule has 5 aromatic carbocycles.